The van der Waals surface area contributed by atoms with Crippen molar-refractivity contribution in [3.63, 3.8) is 0 Å². The van der Waals surface area contributed by atoms with E-state index in [-0.39, 0.29) is 0 Å². The van der Waals surface area contributed by atoms with Crippen molar-refractivity contribution in [2.24, 2.45) is 5.73 Å². The van der Waals surface area contributed by atoms with Crippen molar-refractivity contribution in [2.45, 2.75) is 18.9 Å². The van der Waals surface area contributed by atoms with Gasteiger partial charge in [0.25, 0.3) is 0 Å². The van der Waals surface area contributed by atoms with Crippen LogP contribution in [0.3, 0.4) is 0 Å². The van der Waals surface area contributed by atoms with Gasteiger partial charge in [-0.3, -0.25) is 0 Å². The summed E-state index contributed by atoms with van der Waals surface area (Å²) in [4.78, 5) is 0. The van der Waals surface area contributed by atoms with Crippen molar-refractivity contribution in [2.75, 3.05) is 6.54 Å². The van der Waals surface area contributed by atoms with E-state index in [9.17, 15) is 13.9 Å². The van der Waals surface area contributed by atoms with Gasteiger partial charge in [-0.05, 0) is 37.1 Å². The Kier molecular flexibility index (Phi) is 3.98. The smallest absolute Gasteiger partial charge is 0.159 e. The van der Waals surface area contributed by atoms with E-state index in [4.69, 9.17) is 5.73 Å². The highest BCUT2D eigenvalue weighted by Gasteiger charge is 2.09. The van der Waals surface area contributed by atoms with Crippen LogP contribution in [0.25, 0.3) is 0 Å². The van der Waals surface area contributed by atoms with Crippen molar-refractivity contribution in [1.82, 2.24) is 0 Å². The third-order valence-corrected chi connectivity index (χ3v) is 2.01. The number of halogens is 2. The number of benzene rings is 1. The van der Waals surface area contributed by atoms with E-state index in [0.29, 0.717) is 24.9 Å². The maximum absolute atomic E-state index is 12.8. The molecule has 0 saturated carbocycles. The van der Waals surface area contributed by atoms with Crippen LogP contribution in [0.1, 0.15) is 24.5 Å². The fourth-order valence-electron chi connectivity index (χ4n) is 1.20. The molecule has 0 saturated heterocycles. The minimum absolute atomic E-state index is 0.386. The van der Waals surface area contributed by atoms with Gasteiger partial charge in [0.1, 0.15) is 0 Å². The topological polar surface area (TPSA) is 46.2 Å². The summed E-state index contributed by atoms with van der Waals surface area (Å²) in [6.07, 6.45) is 0.343. The Morgan fingerprint density at radius 2 is 2.00 bits per heavy atom. The van der Waals surface area contributed by atoms with Crippen LogP contribution in [0.15, 0.2) is 18.2 Å². The standard InChI is InChI=1S/C10H13F2NO/c11-8-4-3-7(6-9(8)12)10(14)2-1-5-13/h3-4,6,10,14H,1-2,5,13H2. The molecule has 0 radical (unpaired) electrons. The second-order valence-corrected chi connectivity index (χ2v) is 3.12. The Hall–Kier alpha value is -1.00. The van der Waals surface area contributed by atoms with E-state index < -0.39 is 17.7 Å². The molecule has 0 aliphatic carbocycles. The van der Waals surface area contributed by atoms with Crippen LogP contribution in [-0.2, 0) is 0 Å². The van der Waals surface area contributed by atoms with E-state index in [2.05, 4.69) is 0 Å². The van der Waals surface area contributed by atoms with Crippen LogP contribution in [0.4, 0.5) is 8.78 Å². The average molecular weight is 201 g/mol. The summed E-state index contributed by atoms with van der Waals surface area (Å²) in [5, 5.41) is 9.52. The van der Waals surface area contributed by atoms with Gasteiger partial charge >= 0.3 is 0 Å². The average Bonchev–Trinajstić information content (AvgIpc) is 2.18. The number of nitrogens with two attached hydrogens (primary N) is 1. The maximum atomic E-state index is 12.8. The Labute approximate surface area is 81.4 Å². The molecule has 14 heavy (non-hydrogen) atoms. The highest BCUT2D eigenvalue weighted by molar-refractivity contribution is 5.19. The van der Waals surface area contributed by atoms with Gasteiger partial charge in [0.05, 0.1) is 6.10 Å². The van der Waals surface area contributed by atoms with Crippen molar-refractivity contribution >= 4 is 0 Å². The Balaban J connectivity index is 2.70. The molecule has 0 bridgehead atoms. The molecule has 1 aromatic rings. The summed E-state index contributed by atoms with van der Waals surface area (Å²) >= 11 is 0. The largest absolute Gasteiger partial charge is 0.388 e. The molecule has 0 spiro atoms. The lowest BCUT2D eigenvalue weighted by Crippen LogP contribution is -2.04. The molecule has 0 heterocycles. The molecule has 1 aromatic carbocycles. The summed E-state index contributed by atoms with van der Waals surface area (Å²) in [6, 6.07) is 3.40. The highest BCUT2D eigenvalue weighted by atomic mass is 19.2. The maximum Gasteiger partial charge on any atom is 0.159 e. The summed E-state index contributed by atoms with van der Waals surface area (Å²) in [5.74, 6) is -1.84. The number of aliphatic hydroxyl groups excluding tert-OH is 1. The normalized spacial score (nSPS) is 12.9. The molecular formula is C10H13F2NO. The molecule has 78 valence electrons. The lowest BCUT2D eigenvalue weighted by Gasteiger charge is -2.10. The predicted molar refractivity (Wildman–Crippen MR) is 49.6 cm³/mol. The molecular weight excluding hydrogens is 188 g/mol. The van der Waals surface area contributed by atoms with Gasteiger partial charge in [0, 0.05) is 0 Å². The number of aliphatic hydroxyl groups is 1. The van der Waals surface area contributed by atoms with Crippen molar-refractivity contribution < 1.29 is 13.9 Å². The van der Waals surface area contributed by atoms with E-state index in [1.807, 2.05) is 0 Å². The monoisotopic (exact) mass is 201 g/mol. The third kappa shape index (κ3) is 2.75. The SMILES string of the molecule is NCCCC(O)c1ccc(F)c(F)c1. The van der Waals surface area contributed by atoms with Gasteiger partial charge in [0.15, 0.2) is 11.6 Å². The number of rotatable bonds is 4. The van der Waals surface area contributed by atoms with Crippen molar-refractivity contribution in [3.05, 3.63) is 35.4 Å². The third-order valence-electron chi connectivity index (χ3n) is 2.01. The van der Waals surface area contributed by atoms with E-state index in [1.165, 1.54) is 6.07 Å². The molecule has 0 aliphatic rings. The number of hydrogen-bond acceptors (Lipinski definition) is 2. The minimum Gasteiger partial charge on any atom is -0.388 e. The lowest BCUT2D eigenvalue weighted by atomic mass is 10.0. The summed E-state index contributed by atoms with van der Waals surface area (Å²) in [6.45, 7) is 0.473. The molecule has 0 aromatic heterocycles. The van der Waals surface area contributed by atoms with Crippen LogP contribution in [0.5, 0.6) is 0 Å². The molecule has 1 unspecified atom stereocenters. The fourth-order valence-corrected chi connectivity index (χ4v) is 1.20. The summed E-state index contributed by atoms with van der Waals surface area (Å²) in [7, 11) is 0. The Morgan fingerprint density at radius 3 is 2.57 bits per heavy atom. The molecule has 0 fully saturated rings. The number of hydrogen-bond donors (Lipinski definition) is 2. The van der Waals surface area contributed by atoms with Crippen molar-refractivity contribution in [3.8, 4) is 0 Å². The van der Waals surface area contributed by atoms with Crippen LogP contribution in [0, 0.1) is 11.6 Å². The second kappa shape index (κ2) is 5.02. The van der Waals surface area contributed by atoms with E-state index in [1.54, 1.807) is 0 Å². The quantitative estimate of drug-likeness (QED) is 0.779. The van der Waals surface area contributed by atoms with Crippen LogP contribution >= 0.6 is 0 Å². The van der Waals surface area contributed by atoms with Crippen LogP contribution in [0.2, 0.25) is 0 Å². The summed E-state index contributed by atoms with van der Waals surface area (Å²) < 4.78 is 25.3. The first-order valence-corrected chi connectivity index (χ1v) is 4.48. The predicted octanol–water partition coefficient (Wildman–Crippen LogP) is 1.74. The fraction of sp³-hybridized carbons (Fsp3) is 0.400. The van der Waals surface area contributed by atoms with Crippen molar-refractivity contribution in [1.29, 1.82) is 0 Å². The molecule has 0 amide bonds. The Bertz CT molecular complexity index is 304. The zero-order valence-electron chi connectivity index (χ0n) is 7.71. The molecule has 0 aliphatic heterocycles. The molecule has 3 N–H and O–H groups in total. The minimum atomic E-state index is -0.936. The van der Waals surface area contributed by atoms with Gasteiger partial charge in [-0.15, -0.1) is 0 Å². The zero-order valence-corrected chi connectivity index (χ0v) is 7.71. The first-order valence-electron chi connectivity index (χ1n) is 4.48. The van der Waals surface area contributed by atoms with Crippen LogP contribution < -0.4 is 5.73 Å². The van der Waals surface area contributed by atoms with E-state index >= 15 is 0 Å². The molecule has 2 nitrogen and oxygen atoms in total. The molecule has 1 atom stereocenters. The molecule has 1 rings (SSSR count). The van der Waals surface area contributed by atoms with Gasteiger partial charge in [-0.25, -0.2) is 8.78 Å². The van der Waals surface area contributed by atoms with Crippen LogP contribution in [-0.4, -0.2) is 11.7 Å². The van der Waals surface area contributed by atoms with Gasteiger partial charge in [-0.1, -0.05) is 6.07 Å². The summed E-state index contributed by atoms with van der Waals surface area (Å²) in [5.41, 5.74) is 5.65. The first kappa shape index (κ1) is 11.1. The van der Waals surface area contributed by atoms with Gasteiger partial charge < -0.3 is 10.8 Å². The van der Waals surface area contributed by atoms with Gasteiger partial charge in [0.2, 0.25) is 0 Å². The lowest BCUT2D eigenvalue weighted by molar-refractivity contribution is 0.165. The highest BCUT2D eigenvalue weighted by Crippen LogP contribution is 2.19. The first-order chi connectivity index (χ1) is 6.65. The van der Waals surface area contributed by atoms with Gasteiger partial charge in [-0.2, -0.15) is 0 Å². The van der Waals surface area contributed by atoms with E-state index in [0.717, 1.165) is 12.1 Å². The second-order valence-electron chi connectivity index (χ2n) is 3.12. The Morgan fingerprint density at radius 1 is 1.29 bits per heavy atom. The zero-order chi connectivity index (χ0) is 10.6. The molecule has 4 heteroatoms.